The molecule has 0 aromatic rings. The maximum atomic E-state index is 6.75. The van der Waals surface area contributed by atoms with Crippen LogP contribution in [0.1, 0.15) is 0 Å². The first-order chi connectivity index (χ1) is 6.20. The third-order valence-electron chi connectivity index (χ3n) is 1.52. The van der Waals surface area contributed by atoms with Gasteiger partial charge in [0.05, 0.1) is 0 Å². The predicted octanol–water partition coefficient (Wildman–Crippen LogP) is 0.457. The van der Waals surface area contributed by atoms with Crippen LogP contribution in [0, 0.1) is 22.1 Å². The molecule has 1 rings (SSSR count). The highest BCUT2D eigenvalue weighted by molar-refractivity contribution is 5.00. The third kappa shape index (κ3) is 0.947. The van der Waals surface area contributed by atoms with Gasteiger partial charge in [-0.15, -0.1) is 31.4 Å². The molecule has 70 valence electrons. The van der Waals surface area contributed by atoms with Gasteiger partial charge in [0.15, 0.2) is 0 Å². The van der Waals surface area contributed by atoms with Crippen LogP contribution in [0.2, 0.25) is 0 Å². The lowest BCUT2D eigenvalue weighted by Crippen LogP contribution is -2.54. The second kappa shape index (κ2) is 2.96. The standard InChI is InChI=1S/C2H6N10O/c3-7-1(8-4)2(9-5,10-6)12-13-11-1/h3-6,11-12H. The molecule has 0 aromatic carbocycles. The van der Waals surface area contributed by atoms with E-state index in [1.54, 1.807) is 0 Å². The predicted molar refractivity (Wildman–Crippen MR) is 33.4 cm³/mol. The summed E-state index contributed by atoms with van der Waals surface area (Å²) in [6.07, 6.45) is 0. The zero-order chi connectivity index (χ0) is 9.95. The molecule has 6 N–H and O–H groups in total. The maximum absolute atomic E-state index is 6.75. The summed E-state index contributed by atoms with van der Waals surface area (Å²) in [6.45, 7) is 0. The summed E-state index contributed by atoms with van der Waals surface area (Å²) in [6, 6.07) is 0. The van der Waals surface area contributed by atoms with Crippen molar-refractivity contribution >= 4 is 0 Å². The number of nitrogens with zero attached hydrogens (tertiary/aromatic N) is 4. The van der Waals surface area contributed by atoms with E-state index in [2.05, 4.69) is 25.4 Å². The van der Waals surface area contributed by atoms with Crippen molar-refractivity contribution in [3.63, 3.8) is 0 Å². The third-order valence-corrected chi connectivity index (χ3v) is 1.52. The Balaban J connectivity index is 3.21. The Morgan fingerprint density at radius 3 is 1.31 bits per heavy atom. The summed E-state index contributed by atoms with van der Waals surface area (Å²) < 4.78 is 0. The van der Waals surface area contributed by atoms with Crippen LogP contribution >= 0.6 is 0 Å². The molecule has 1 heterocycles. The highest BCUT2D eigenvalue weighted by Crippen LogP contribution is 2.31. The minimum atomic E-state index is -2.02. The molecule has 0 aliphatic carbocycles. The average molecular weight is 186 g/mol. The fourth-order valence-electron chi connectivity index (χ4n) is 0.763. The van der Waals surface area contributed by atoms with E-state index >= 15 is 0 Å². The van der Waals surface area contributed by atoms with Crippen molar-refractivity contribution < 1.29 is 4.94 Å². The minimum absolute atomic E-state index is 2.02. The molecule has 0 radical (unpaired) electrons. The second-order valence-electron chi connectivity index (χ2n) is 2.10. The topological polar surface area (TPSA) is 178 Å². The monoisotopic (exact) mass is 186 g/mol. The largest absolute Gasteiger partial charge is 0.329 e. The zero-order valence-corrected chi connectivity index (χ0v) is 6.20. The average Bonchev–Trinajstić information content (AvgIpc) is 2.57. The molecule has 0 saturated carbocycles. The SMILES string of the molecule is N=NC1(N=N)NONC1(N=N)N=N. The Bertz CT molecular complexity index is 216. The lowest BCUT2D eigenvalue weighted by molar-refractivity contribution is -0.00906. The second-order valence-corrected chi connectivity index (χ2v) is 2.10. The smallest absolute Gasteiger partial charge is 0.206 e. The summed E-state index contributed by atoms with van der Waals surface area (Å²) >= 11 is 0. The molecule has 0 atom stereocenters. The highest BCUT2D eigenvalue weighted by Gasteiger charge is 2.61. The van der Waals surface area contributed by atoms with Crippen LogP contribution < -0.4 is 11.0 Å². The number of nitrogens with one attached hydrogen (secondary N) is 6. The number of rotatable bonds is 4. The minimum Gasteiger partial charge on any atom is -0.206 e. The normalized spacial score (nSPS) is 38.2. The summed E-state index contributed by atoms with van der Waals surface area (Å²) in [5.74, 6) is -4.03. The maximum Gasteiger partial charge on any atom is 0.329 e. The van der Waals surface area contributed by atoms with E-state index in [4.69, 9.17) is 22.1 Å². The van der Waals surface area contributed by atoms with Gasteiger partial charge in [0.25, 0.3) is 0 Å². The Labute approximate surface area is 71.2 Å². The first-order valence-corrected chi connectivity index (χ1v) is 2.95. The van der Waals surface area contributed by atoms with Crippen LogP contribution in [0.15, 0.2) is 20.5 Å². The van der Waals surface area contributed by atoms with E-state index in [1.807, 2.05) is 11.0 Å². The van der Waals surface area contributed by atoms with Crippen molar-refractivity contribution in [1.82, 2.24) is 11.0 Å². The molecule has 11 nitrogen and oxygen atoms in total. The Hall–Kier alpha value is -1.72. The molecular formula is C2H6N10O. The van der Waals surface area contributed by atoms with Gasteiger partial charge in [0, 0.05) is 0 Å². The van der Waals surface area contributed by atoms with Crippen molar-refractivity contribution in [3.8, 4) is 0 Å². The summed E-state index contributed by atoms with van der Waals surface area (Å²) in [5.41, 5.74) is 31.0. The van der Waals surface area contributed by atoms with Crippen molar-refractivity contribution in [3.05, 3.63) is 0 Å². The molecule has 1 aliphatic heterocycles. The van der Waals surface area contributed by atoms with Crippen molar-refractivity contribution in [2.75, 3.05) is 0 Å². The number of hydroxylamine groups is 2. The van der Waals surface area contributed by atoms with Crippen LogP contribution in [-0.4, -0.2) is 11.6 Å². The van der Waals surface area contributed by atoms with Crippen molar-refractivity contribution in [2.24, 2.45) is 20.5 Å². The molecule has 1 saturated heterocycles. The zero-order valence-electron chi connectivity index (χ0n) is 6.20. The van der Waals surface area contributed by atoms with Crippen LogP contribution in [0.3, 0.4) is 0 Å². The van der Waals surface area contributed by atoms with E-state index in [-0.39, 0.29) is 0 Å². The van der Waals surface area contributed by atoms with Crippen molar-refractivity contribution in [2.45, 2.75) is 11.6 Å². The summed E-state index contributed by atoms with van der Waals surface area (Å²) in [5, 5.41) is 11.6. The fourth-order valence-corrected chi connectivity index (χ4v) is 0.763. The molecular weight excluding hydrogens is 180 g/mol. The van der Waals surface area contributed by atoms with Gasteiger partial charge in [-0.2, -0.15) is 0 Å². The van der Waals surface area contributed by atoms with Crippen molar-refractivity contribution in [1.29, 1.82) is 22.1 Å². The summed E-state index contributed by atoms with van der Waals surface area (Å²) in [7, 11) is 0. The molecule has 13 heavy (non-hydrogen) atoms. The van der Waals surface area contributed by atoms with Gasteiger partial charge in [-0.05, 0) is 0 Å². The van der Waals surface area contributed by atoms with Crippen LogP contribution in [0.4, 0.5) is 0 Å². The van der Waals surface area contributed by atoms with E-state index in [0.29, 0.717) is 0 Å². The van der Waals surface area contributed by atoms with Crippen LogP contribution in [0.25, 0.3) is 0 Å². The van der Waals surface area contributed by atoms with Gasteiger partial charge in [0.2, 0.25) is 0 Å². The first kappa shape index (κ1) is 9.37. The van der Waals surface area contributed by atoms with Gasteiger partial charge in [-0.3, -0.25) is 0 Å². The van der Waals surface area contributed by atoms with Gasteiger partial charge in [-0.25, -0.2) is 27.1 Å². The Morgan fingerprint density at radius 2 is 1.08 bits per heavy atom. The van der Waals surface area contributed by atoms with Gasteiger partial charge < -0.3 is 0 Å². The Kier molecular flexibility index (Phi) is 2.14. The lowest BCUT2D eigenvalue weighted by atomic mass is 10.2. The molecule has 0 unspecified atom stereocenters. The molecule has 0 aromatic heterocycles. The first-order valence-electron chi connectivity index (χ1n) is 2.95. The van der Waals surface area contributed by atoms with E-state index in [1.165, 1.54) is 0 Å². The highest BCUT2D eigenvalue weighted by atomic mass is 16.8. The molecule has 0 bridgehead atoms. The molecule has 1 fully saturated rings. The number of hydrogen-bond acceptors (Lipinski definition) is 11. The molecule has 11 heteroatoms. The molecule has 1 aliphatic rings. The van der Waals surface area contributed by atoms with Crippen LogP contribution in [-0.2, 0) is 4.94 Å². The van der Waals surface area contributed by atoms with Crippen LogP contribution in [0.5, 0.6) is 0 Å². The number of hydrogen-bond donors (Lipinski definition) is 6. The van der Waals surface area contributed by atoms with E-state index in [9.17, 15) is 0 Å². The van der Waals surface area contributed by atoms with E-state index < -0.39 is 11.6 Å². The van der Waals surface area contributed by atoms with Gasteiger partial charge in [0.1, 0.15) is 0 Å². The lowest BCUT2D eigenvalue weighted by Gasteiger charge is -2.23. The quantitative estimate of drug-likeness (QED) is 0.349. The molecule has 0 spiro atoms. The van der Waals surface area contributed by atoms with Gasteiger partial charge >= 0.3 is 11.6 Å². The van der Waals surface area contributed by atoms with Gasteiger partial charge in [-0.1, -0.05) is 0 Å². The molecule has 0 amide bonds. The Morgan fingerprint density at radius 1 is 0.769 bits per heavy atom. The summed E-state index contributed by atoms with van der Waals surface area (Å²) in [4.78, 5) is 4.38. The van der Waals surface area contributed by atoms with E-state index in [0.717, 1.165) is 0 Å². The fraction of sp³-hybridized carbons (Fsp3) is 1.00.